The Labute approximate surface area is 101 Å². The number of unbranched alkanes of at least 4 members (excludes halogenated alkanes) is 4. The Morgan fingerprint density at radius 1 is 1.00 bits per heavy atom. The summed E-state index contributed by atoms with van der Waals surface area (Å²) in [5, 5.41) is 0. The van der Waals surface area contributed by atoms with Crippen molar-refractivity contribution in [3.63, 3.8) is 0 Å². The SMILES string of the molecule is CCOC(=O)CCCCCCCC(C)(C)C. The second-order valence-corrected chi connectivity index (χ2v) is 5.63. The molecule has 0 aliphatic carbocycles. The van der Waals surface area contributed by atoms with E-state index in [4.69, 9.17) is 4.74 Å². The van der Waals surface area contributed by atoms with Crippen molar-refractivity contribution in [2.75, 3.05) is 6.61 Å². The molecule has 2 heteroatoms. The average Bonchev–Trinajstić information content (AvgIpc) is 2.15. The van der Waals surface area contributed by atoms with E-state index in [9.17, 15) is 4.79 Å². The first-order chi connectivity index (χ1) is 7.45. The quantitative estimate of drug-likeness (QED) is 0.456. The van der Waals surface area contributed by atoms with Gasteiger partial charge in [0.15, 0.2) is 0 Å². The van der Waals surface area contributed by atoms with Gasteiger partial charge in [-0.2, -0.15) is 0 Å². The second-order valence-electron chi connectivity index (χ2n) is 5.63. The Bertz CT molecular complexity index is 180. The fourth-order valence-electron chi connectivity index (χ4n) is 1.69. The lowest BCUT2D eigenvalue weighted by molar-refractivity contribution is -0.143. The Kier molecular flexibility index (Phi) is 8.32. The summed E-state index contributed by atoms with van der Waals surface area (Å²) in [7, 11) is 0. The van der Waals surface area contributed by atoms with Gasteiger partial charge >= 0.3 is 5.97 Å². The Morgan fingerprint density at radius 3 is 2.12 bits per heavy atom. The summed E-state index contributed by atoms with van der Waals surface area (Å²) >= 11 is 0. The van der Waals surface area contributed by atoms with Crippen molar-refractivity contribution in [2.45, 2.75) is 72.6 Å². The molecule has 0 aromatic rings. The number of carbonyl (C=O) groups is 1. The van der Waals surface area contributed by atoms with E-state index in [1.807, 2.05) is 6.92 Å². The van der Waals surface area contributed by atoms with E-state index in [0.717, 1.165) is 12.8 Å². The molecule has 0 N–H and O–H groups in total. The topological polar surface area (TPSA) is 26.3 Å². The standard InChI is InChI=1S/C14H28O2/c1-5-16-13(15)11-9-7-6-8-10-12-14(2,3)4/h5-12H2,1-4H3. The first-order valence-corrected chi connectivity index (χ1v) is 6.61. The van der Waals surface area contributed by atoms with E-state index in [1.54, 1.807) is 0 Å². The van der Waals surface area contributed by atoms with Crippen LogP contribution >= 0.6 is 0 Å². The molecule has 0 fully saturated rings. The first-order valence-electron chi connectivity index (χ1n) is 6.61. The highest BCUT2D eigenvalue weighted by molar-refractivity contribution is 5.69. The molecule has 0 heterocycles. The van der Waals surface area contributed by atoms with Crippen molar-refractivity contribution in [1.29, 1.82) is 0 Å². The molecule has 0 aliphatic rings. The van der Waals surface area contributed by atoms with Crippen LogP contribution in [0.5, 0.6) is 0 Å². The monoisotopic (exact) mass is 228 g/mol. The molecule has 96 valence electrons. The van der Waals surface area contributed by atoms with E-state index in [2.05, 4.69) is 20.8 Å². The van der Waals surface area contributed by atoms with Gasteiger partial charge in [-0.25, -0.2) is 0 Å². The summed E-state index contributed by atoms with van der Waals surface area (Å²) < 4.78 is 4.88. The molecule has 0 aromatic heterocycles. The zero-order valence-corrected chi connectivity index (χ0v) is 11.5. The molecule has 0 aliphatic heterocycles. The zero-order chi connectivity index (χ0) is 12.4. The van der Waals surface area contributed by atoms with Crippen LogP contribution in [0.3, 0.4) is 0 Å². The average molecular weight is 228 g/mol. The van der Waals surface area contributed by atoms with Gasteiger partial charge < -0.3 is 4.74 Å². The highest BCUT2D eigenvalue weighted by Crippen LogP contribution is 2.22. The summed E-state index contributed by atoms with van der Waals surface area (Å²) in [6.45, 7) is 9.21. The van der Waals surface area contributed by atoms with Crippen molar-refractivity contribution in [3.8, 4) is 0 Å². The zero-order valence-electron chi connectivity index (χ0n) is 11.5. The third-order valence-corrected chi connectivity index (χ3v) is 2.61. The fraction of sp³-hybridized carbons (Fsp3) is 0.929. The molecule has 0 aromatic carbocycles. The van der Waals surface area contributed by atoms with Crippen LogP contribution in [0.2, 0.25) is 0 Å². The lowest BCUT2D eigenvalue weighted by Crippen LogP contribution is -2.04. The maximum Gasteiger partial charge on any atom is 0.305 e. The van der Waals surface area contributed by atoms with Crippen LogP contribution in [0.25, 0.3) is 0 Å². The van der Waals surface area contributed by atoms with Crippen molar-refractivity contribution in [1.82, 2.24) is 0 Å². The highest BCUT2D eigenvalue weighted by Gasteiger charge is 2.08. The maximum atomic E-state index is 11.0. The summed E-state index contributed by atoms with van der Waals surface area (Å²) in [5.74, 6) is -0.0443. The van der Waals surface area contributed by atoms with Gasteiger partial charge in [0.25, 0.3) is 0 Å². The molecule has 0 bridgehead atoms. The lowest BCUT2D eigenvalue weighted by atomic mass is 9.89. The number of ether oxygens (including phenoxy) is 1. The first kappa shape index (κ1) is 15.5. The summed E-state index contributed by atoms with van der Waals surface area (Å²) in [6, 6.07) is 0. The molecule has 0 saturated carbocycles. The van der Waals surface area contributed by atoms with Crippen LogP contribution in [0.15, 0.2) is 0 Å². The van der Waals surface area contributed by atoms with Gasteiger partial charge in [0.05, 0.1) is 6.61 Å². The maximum absolute atomic E-state index is 11.0. The van der Waals surface area contributed by atoms with Crippen LogP contribution in [-0.2, 0) is 9.53 Å². The molecule has 0 saturated heterocycles. The molecule has 2 nitrogen and oxygen atoms in total. The molecule has 0 unspecified atom stereocenters. The second kappa shape index (κ2) is 8.60. The molecule has 0 radical (unpaired) electrons. The van der Waals surface area contributed by atoms with Gasteiger partial charge in [0.1, 0.15) is 0 Å². The number of carbonyl (C=O) groups excluding carboxylic acids is 1. The van der Waals surface area contributed by atoms with E-state index in [-0.39, 0.29) is 5.97 Å². The summed E-state index contributed by atoms with van der Waals surface area (Å²) in [5.41, 5.74) is 0.463. The van der Waals surface area contributed by atoms with Gasteiger partial charge in [-0.3, -0.25) is 4.79 Å². The van der Waals surface area contributed by atoms with Crippen LogP contribution in [-0.4, -0.2) is 12.6 Å². The molecule has 0 atom stereocenters. The van der Waals surface area contributed by atoms with Crippen LogP contribution in [0.1, 0.15) is 72.6 Å². The minimum absolute atomic E-state index is 0.0443. The smallest absolute Gasteiger partial charge is 0.305 e. The van der Waals surface area contributed by atoms with Gasteiger partial charge in [-0.1, -0.05) is 46.5 Å². The molecule has 0 amide bonds. The fourth-order valence-corrected chi connectivity index (χ4v) is 1.69. The molecular weight excluding hydrogens is 200 g/mol. The number of hydrogen-bond donors (Lipinski definition) is 0. The van der Waals surface area contributed by atoms with Gasteiger partial charge in [0.2, 0.25) is 0 Å². The van der Waals surface area contributed by atoms with Crippen molar-refractivity contribution in [2.24, 2.45) is 5.41 Å². The molecule has 0 spiro atoms. The Hall–Kier alpha value is -0.530. The van der Waals surface area contributed by atoms with Crippen LogP contribution in [0.4, 0.5) is 0 Å². The van der Waals surface area contributed by atoms with Gasteiger partial charge in [-0.15, -0.1) is 0 Å². The third kappa shape index (κ3) is 11.5. The van der Waals surface area contributed by atoms with E-state index < -0.39 is 0 Å². The van der Waals surface area contributed by atoms with Crippen LogP contribution < -0.4 is 0 Å². The predicted octanol–water partition coefficient (Wildman–Crippen LogP) is 4.33. The van der Waals surface area contributed by atoms with Crippen molar-refractivity contribution < 1.29 is 9.53 Å². The normalized spacial score (nSPS) is 11.5. The van der Waals surface area contributed by atoms with E-state index in [1.165, 1.54) is 25.7 Å². The van der Waals surface area contributed by atoms with Crippen LogP contribution in [0, 0.1) is 5.41 Å². The van der Waals surface area contributed by atoms with Gasteiger partial charge in [-0.05, 0) is 25.2 Å². The minimum atomic E-state index is -0.0443. The lowest BCUT2D eigenvalue weighted by Gasteiger charge is -2.17. The number of esters is 1. The van der Waals surface area contributed by atoms with Crippen molar-refractivity contribution >= 4 is 5.97 Å². The molecular formula is C14H28O2. The largest absolute Gasteiger partial charge is 0.466 e. The van der Waals surface area contributed by atoms with Crippen molar-refractivity contribution in [3.05, 3.63) is 0 Å². The molecule has 0 rings (SSSR count). The Balaban J connectivity index is 3.19. The number of rotatable bonds is 8. The van der Waals surface area contributed by atoms with E-state index in [0.29, 0.717) is 18.4 Å². The van der Waals surface area contributed by atoms with E-state index >= 15 is 0 Å². The predicted molar refractivity (Wildman–Crippen MR) is 68.4 cm³/mol. The van der Waals surface area contributed by atoms with Gasteiger partial charge in [0, 0.05) is 6.42 Å². The Morgan fingerprint density at radius 2 is 1.56 bits per heavy atom. The third-order valence-electron chi connectivity index (χ3n) is 2.61. The molecule has 16 heavy (non-hydrogen) atoms. The highest BCUT2D eigenvalue weighted by atomic mass is 16.5. The summed E-state index contributed by atoms with van der Waals surface area (Å²) in [4.78, 5) is 11.0. The summed E-state index contributed by atoms with van der Waals surface area (Å²) in [6.07, 6.45) is 7.87. The minimum Gasteiger partial charge on any atom is -0.466 e. The number of hydrogen-bond acceptors (Lipinski definition) is 2.